The van der Waals surface area contributed by atoms with Crippen LogP contribution in [0.25, 0.3) is 0 Å². The molecule has 0 aliphatic heterocycles. The number of hydrogen-bond acceptors (Lipinski definition) is 7. The zero-order chi connectivity index (χ0) is 43.0. The van der Waals surface area contributed by atoms with Gasteiger partial charge in [0.2, 0.25) is 0 Å². The molecule has 352 valence electrons. The van der Waals surface area contributed by atoms with E-state index in [2.05, 4.69) is 65.8 Å². The summed E-state index contributed by atoms with van der Waals surface area (Å²) in [5, 5.41) is 0. The van der Waals surface area contributed by atoms with Gasteiger partial charge in [0.25, 0.3) is 0 Å². The molecule has 0 aliphatic rings. The molecule has 0 radical (unpaired) electrons. The summed E-state index contributed by atoms with van der Waals surface area (Å²) in [5.41, 5.74) is 0. The van der Waals surface area contributed by atoms with E-state index in [1.54, 1.807) is 0 Å². The van der Waals surface area contributed by atoms with E-state index >= 15 is 0 Å². The maximum absolute atomic E-state index is 6.46. The average Bonchev–Trinajstić information content (AvgIpc) is 3.25. The van der Waals surface area contributed by atoms with Crippen molar-refractivity contribution in [2.45, 2.75) is 272 Å². The second-order valence-corrected chi connectivity index (χ2v) is 16.7. The van der Waals surface area contributed by atoms with Crippen molar-refractivity contribution < 1.29 is 33.2 Å². The molecule has 2 unspecified atom stereocenters. The highest BCUT2D eigenvalue weighted by molar-refractivity contribution is 4.90. The molecule has 0 spiro atoms. The van der Waals surface area contributed by atoms with Gasteiger partial charge in [0, 0.05) is 26.4 Å². The zero-order valence-corrected chi connectivity index (χ0v) is 40.3. The summed E-state index contributed by atoms with van der Waals surface area (Å²) in [6.45, 7) is 17.7. The van der Waals surface area contributed by atoms with Gasteiger partial charge in [-0.05, 0) is 102 Å². The van der Waals surface area contributed by atoms with E-state index < -0.39 is 0 Å². The second kappa shape index (κ2) is 49.9. The Hall–Kier alpha value is -0.800. The highest BCUT2D eigenvalue weighted by Gasteiger charge is 2.14. The first-order chi connectivity index (χ1) is 29.1. The van der Waals surface area contributed by atoms with Crippen molar-refractivity contribution in [3.63, 3.8) is 0 Å². The van der Waals surface area contributed by atoms with Crippen LogP contribution in [0.15, 0.2) is 24.3 Å². The molecule has 0 amide bonds. The van der Waals surface area contributed by atoms with Gasteiger partial charge < -0.3 is 33.2 Å². The van der Waals surface area contributed by atoms with Crippen LogP contribution < -0.4 is 0 Å². The third-order valence-electron chi connectivity index (χ3n) is 10.6. The Labute approximate surface area is 368 Å². The van der Waals surface area contributed by atoms with Gasteiger partial charge in [0.15, 0.2) is 25.2 Å². The minimum atomic E-state index is -0.371. The average molecular weight is 839 g/mol. The standard InChI is InChI=1S/C52H102O7/c1-7-13-37-47-57-51(41-35-31-27-23-19-15-17-21-25-29-33-39-49(53-43-9-3)54-44-10-4)59-52(58-48-38-14-8-2)42-36-32-28-24-20-16-18-22-26-30-34-40-50(55-45-11-5)56-46-12-6/h35-36,41-42,49-52H,7-34,37-40,43-48H2,1-6H3. The van der Waals surface area contributed by atoms with Gasteiger partial charge in [0.1, 0.15) is 0 Å². The molecule has 0 aromatic rings. The maximum Gasteiger partial charge on any atom is 0.180 e. The lowest BCUT2D eigenvalue weighted by Gasteiger charge is -2.21. The molecular formula is C52H102O7. The van der Waals surface area contributed by atoms with Crippen LogP contribution in [0.5, 0.6) is 0 Å². The minimum Gasteiger partial charge on any atom is -0.353 e. The van der Waals surface area contributed by atoms with E-state index in [9.17, 15) is 0 Å². The molecule has 59 heavy (non-hydrogen) atoms. The summed E-state index contributed by atoms with van der Waals surface area (Å²) >= 11 is 0. The van der Waals surface area contributed by atoms with Crippen molar-refractivity contribution in [2.24, 2.45) is 0 Å². The lowest BCUT2D eigenvalue weighted by molar-refractivity contribution is -0.208. The quantitative estimate of drug-likeness (QED) is 0.0343. The molecule has 2 atom stereocenters. The number of hydrogen-bond donors (Lipinski definition) is 0. The fraction of sp³-hybridized carbons (Fsp3) is 0.923. The molecule has 0 N–H and O–H groups in total. The SMILES string of the molecule is CCCCCOC(C=CCCCCCCCCCCCC(OCCC)OCCC)OC(C=CCCCCCCCCCCCC(OCCC)OCCC)OCCCCC. The lowest BCUT2D eigenvalue weighted by Crippen LogP contribution is -2.25. The van der Waals surface area contributed by atoms with Gasteiger partial charge in [-0.2, -0.15) is 0 Å². The van der Waals surface area contributed by atoms with Gasteiger partial charge in [-0.1, -0.05) is 169 Å². The molecular weight excluding hydrogens is 737 g/mol. The summed E-state index contributed by atoms with van der Waals surface area (Å²) in [6, 6.07) is 0. The van der Waals surface area contributed by atoms with Crippen molar-refractivity contribution in [3.05, 3.63) is 24.3 Å². The Morgan fingerprint density at radius 1 is 0.288 bits per heavy atom. The highest BCUT2D eigenvalue weighted by atomic mass is 16.8. The van der Waals surface area contributed by atoms with Gasteiger partial charge in [0.05, 0.1) is 13.2 Å². The summed E-state index contributed by atoms with van der Waals surface area (Å²) in [7, 11) is 0. The zero-order valence-electron chi connectivity index (χ0n) is 40.3. The predicted octanol–water partition coefficient (Wildman–Crippen LogP) is 16.1. The summed E-state index contributed by atoms with van der Waals surface area (Å²) in [5.74, 6) is 0. The van der Waals surface area contributed by atoms with E-state index in [0.717, 1.165) is 104 Å². The van der Waals surface area contributed by atoms with E-state index in [4.69, 9.17) is 33.2 Å². The predicted molar refractivity (Wildman–Crippen MR) is 252 cm³/mol. The summed E-state index contributed by atoms with van der Waals surface area (Å²) < 4.78 is 42.5. The smallest absolute Gasteiger partial charge is 0.180 e. The Morgan fingerprint density at radius 3 is 0.898 bits per heavy atom. The number of unbranched alkanes of at least 4 members (excludes halogenated alkanes) is 22. The Morgan fingerprint density at radius 2 is 0.593 bits per heavy atom. The van der Waals surface area contributed by atoms with Crippen LogP contribution in [0, 0.1) is 0 Å². The molecule has 0 heterocycles. The van der Waals surface area contributed by atoms with Crippen molar-refractivity contribution in [1.82, 2.24) is 0 Å². The van der Waals surface area contributed by atoms with Crippen LogP contribution >= 0.6 is 0 Å². The number of allylic oxidation sites excluding steroid dienone is 2. The van der Waals surface area contributed by atoms with Gasteiger partial charge >= 0.3 is 0 Å². The molecule has 0 fully saturated rings. The Balaban J connectivity index is 4.45. The molecule has 0 aromatic heterocycles. The van der Waals surface area contributed by atoms with Crippen LogP contribution in [-0.4, -0.2) is 64.8 Å². The van der Waals surface area contributed by atoms with Crippen LogP contribution in [0.4, 0.5) is 0 Å². The minimum absolute atomic E-state index is 0.00557. The maximum atomic E-state index is 6.46. The molecule has 0 saturated heterocycles. The first-order valence-electron chi connectivity index (χ1n) is 25.8. The van der Waals surface area contributed by atoms with Crippen LogP contribution in [0.3, 0.4) is 0 Å². The van der Waals surface area contributed by atoms with Gasteiger partial charge in [-0.3, -0.25) is 0 Å². The van der Waals surface area contributed by atoms with Crippen LogP contribution in [0.2, 0.25) is 0 Å². The molecule has 0 bridgehead atoms. The monoisotopic (exact) mass is 839 g/mol. The van der Waals surface area contributed by atoms with Crippen molar-refractivity contribution in [3.8, 4) is 0 Å². The lowest BCUT2D eigenvalue weighted by atomic mass is 10.1. The molecule has 7 heteroatoms. The molecule has 0 rings (SSSR count). The fourth-order valence-corrected chi connectivity index (χ4v) is 6.98. The van der Waals surface area contributed by atoms with E-state index in [1.807, 2.05) is 0 Å². The van der Waals surface area contributed by atoms with Crippen LogP contribution in [0.1, 0.15) is 247 Å². The van der Waals surface area contributed by atoms with Crippen molar-refractivity contribution >= 4 is 0 Å². The van der Waals surface area contributed by atoms with Crippen molar-refractivity contribution in [1.29, 1.82) is 0 Å². The number of ether oxygens (including phenoxy) is 7. The van der Waals surface area contributed by atoms with Gasteiger partial charge in [-0.15, -0.1) is 0 Å². The third-order valence-corrected chi connectivity index (χ3v) is 10.6. The van der Waals surface area contributed by atoms with E-state index in [1.165, 1.54) is 141 Å². The highest BCUT2D eigenvalue weighted by Crippen LogP contribution is 2.17. The normalized spacial score (nSPS) is 13.3. The second-order valence-electron chi connectivity index (χ2n) is 16.7. The Kier molecular flexibility index (Phi) is 49.2. The van der Waals surface area contributed by atoms with Crippen molar-refractivity contribution in [2.75, 3.05) is 39.6 Å². The van der Waals surface area contributed by atoms with Crippen LogP contribution in [-0.2, 0) is 33.2 Å². The molecule has 0 saturated carbocycles. The Bertz CT molecular complexity index is 754. The molecule has 0 aromatic carbocycles. The molecule has 0 aliphatic carbocycles. The number of rotatable bonds is 50. The first kappa shape index (κ1) is 58.2. The first-order valence-corrected chi connectivity index (χ1v) is 25.8. The van der Waals surface area contributed by atoms with E-state index in [0.29, 0.717) is 0 Å². The molecule has 7 nitrogen and oxygen atoms in total. The fourth-order valence-electron chi connectivity index (χ4n) is 6.98. The summed E-state index contributed by atoms with van der Waals surface area (Å²) in [6.07, 6.45) is 46.6. The van der Waals surface area contributed by atoms with E-state index in [-0.39, 0.29) is 25.2 Å². The largest absolute Gasteiger partial charge is 0.353 e. The van der Waals surface area contributed by atoms with Gasteiger partial charge in [-0.25, -0.2) is 0 Å². The topological polar surface area (TPSA) is 64.6 Å². The summed E-state index contributed by atoms with van der Waals surface area (Å²) in [4.78, 5) is 0. The third kappa shape index (κ3) is 43.6.